The van der Waals surface area contributed by atoms with Gasteiger partial charge in [0.1, 0.15) is 16.8 Å². The summed E-state index contributed by atoms with van der Waals surface area (Å²) in [4.78, 5) is 87.6. The van der Waals surface area contributed by atoms with Crippen molar-refractivity contribution in [2.24, 2.45) is 93.2 Å². The Morgan fingerprint density at radius 1 is 0.790 bits per heavy atom. The first-order valence-electron chi connectivity index (χ1n) is 30.2. The lowest BCUT2D eigenvalue weighted by atomic mass is 9.47. The van der Waals surface area contributed by atoms with Crippen molar-refractivity contribution in [3.8, 4) is 0 Å². The zero-order valence-corrected chi connectivity index (χ0v) is 50.5. The number of alkyl halides is 2. The van der Waals surface area contributed by atoms with Crippen LogP contribution < -0.4 is 0 Å². The summed E-state index contributed by atoms with van der Waals surface area (Å²) in [7, 11) is -4.95. The first-order valence-corrected chi connectivity index (χ1v) is 31.6. The number of fused-ring (bicyclic) bond motifs is 2. The normalized spacial score (nSPS) is 38.0. The van der Waals surface area contributed by atoms with Gasteiger partial charge in [0.15, 0.2) is 6.61 Å². The molecule has 0 aromatic rings. The smallest absolute Gasteiger partial charge is 0.403 e. The lowest BCUT2D eigenvalue weighted by molar-refractivity contribution is -0.234. The topological polar surface area (TPSA) is 242 Å². The molecule has 1 heterocycles. The van der Waals surface area contributed by atoms with Crippen molar-refractivity contribution in [3.63, 3.8) is 0 Å². The van der Waals surface area contributed by atoms with Gasteiger partial charge in [0.2, 0.25) is 6.10 Å². The van der Waals surface area contributed by atoms with Crippen LogP contribution in [0.5, 0.6) is 0 Å². The SMILES string of the molecule is COS(=O)(=O)C(F)(F)COC(=O)C(C)(C)CC(C)(CC(CC(C)(CC1C(C)C2CC(C(O)CC(=O)OC(C)(C)C)C1C2)C(=O)OC1(C(C)C)C2CC3CC(C2)CC1C3)C(=O)OC1CCOC1=O)C(=O)OC12CC3CC(CC(O)(C3)C1)C2. The molecule has 2 N–H and O–H groups in total. The third-order valence-electron chi connectivity index (χ3n) is 21.7. The van der Waals surface area contributed by atoms with Crippen molar-refractivity contribution < 1.29 is 88.8 Å². The van der Waals surface area contributed by atoms with E-state index in [0.717, 1.165) is 44.9 Å². The monoisotopic (exact) mass is 1170 g/mol. The van der Waals surface area contributed by atoms with Gasteiger partial charge in [-0.05, 0) is 222 Å². The number of carbonyl (C=O) groups excluding carboxylic acids is 6. The molecule has 0 aromatic heterocycles. The summed E-state index contributed by atoms with van der Waals surface area (Å²) < 4.78 is 94.2. The van der Waals surface area contributed by atoms with Gasteiger partial charge in [-0.25, -0.2) is 4.79 Å². The summed E-state index contributed by atoms with van der Waals surface area (Å²) in [5.41, 5.74) is -9.05. The van der Waals surface area contributed by atoms with E-state index in [9.17, 15) is 41.8 Å². The second-order valence-corrected chi connectivity index (χ2v) is 31.9. The third-order valence-corrected chi connectivity index (χ3v) is 23.0. The third kappa shape index (κ3) is 12.2. The van der Waals surface area contributed by atoms with E-state index in [0.29, 0.717) is 51.0 Å². The van der Waals surface area contributed by atoms with Gasteiger partial charge in [0.05, 0.1) is 54.0 Å². The van der Waals surface area contributed by atoms with Crippen LogP contribution >= 0.6 is 0 Å². The van der Waals surface area contributed by atoms with E-state index in [4.69, 9.17) is 28.4 Å². The fourth-order valence-electron chi connectivity index (χ4n) is 19.0. The predicted molar refractivity (Wildman–Crippen MR) is 287 cm³/mol. The highest BCUT2D eigenvalue weighted by molar-refractivity contribution is 7.87. The predicted octanol–water partition coefficient (Wildman–Crippen LogP) is 9.19. The molecular formula is C61H92F2O17S. The van der Waals surface area contributed by atoms with E-state index in [1.165, 1.54) is 20.8 Å². The molecule has 81 heavy (non-hydrogen) atoms. The van der Waals surface area contributed by atoms with Gasteiger partial charge in [-0.15, -0.1) is 0 Å². The maximum atomic E-state index is 16.2. The molecule has 1 aliphatic heterocycles. The molecule has 12 atom stereocenters. The summed E-state index contributed by atoms with van der Waals surface area (Å²) in [6, 6.07) is 0. The molecular weight excluding hydrogens is 1070 g/mol. The maximum Gasteiger partial charge on any atom is 0.403 e. The minimum atomic E-state index is -5.50. The number of hydrogen-bond acceptors (Lipinski definition) is 17. The zero-order chi connectivity index (χ0) is 59.4. The van der Waals surface area contributed by atoms with Crippen LogP contribution in [-0.2, 0) is 71.5 Å². The Balaban J connectivity index is 1.10. The molecule has 10 saturated carbocycles. The Bertz CT molecular complexity index is 2520. The lowest BCUT2D eigenvalue weighted by Gasteiger charge is -2.62. The molecule has 11 fully saturated rings. The van der Waals surface area contributed by atoms with Crippen molar-refractivity contribution in [1.29, 1.82) is 0 Å². The Morgan fingerprint density at radius 2 is 1.37 bits per heavy atom. The lowest BCUT2D eigenvalue weighted by Crippen LogP contribution is -2.63. The number of aliphatic hydroxyl groups is 2. The Labute approximate surface area is 477 Å². The molecule has 11 rings (SSSR count). The van der Waals surface area contributed by atoms with Crippen LogP contribution in [-0.4, -0.2) is 115 Å². The largest absolute Gasteiger partial charge is 0.463 e. The second-order valence-electron chi connectivity index (χ2n) is 30.1. The molecule has 0 aromatic carbocycles. The van der Waals surface area contributed by atoms with Gasteiger partial charge in [0, 0.05) is 12.8 Å². The maximum absolute atomic E-state index is 16.2. The molecule has 458 valence electrons. The van der Waals surface area contributed by atoms with Crippen molar-refractivity contribution in [2.75, 3.05) is 20.3 Å². The van der Waals surface area contributed by atoms with Crippen LogP contribution in [0, 0.1) is 93.2 Å². The first kappa shape index (κ1) is 62.1. The quantitative estimate of drug-likeness (QED) is 0.0550. The van der Waals surface area contributed by atoms with Gasteiger partial charge >= 0.3 is 51.2 Å². The van der Waals surface area contributed by atoms with Crippen LogP contribution in [0.15, 0.2) is 0 Å². The number of halogens is 2. The first-order chi connectivity index (χ1) is 37.4. The van der Waals surface area contributed by atoms with Crippen LogP contribution in [0.2, 0.25) is 0 Å². The molecule has 10 aliphatic carbocycles. The zero-order valence-electron chi connectivity index (χ0n) is 49.7. The Hall–Kier alpha value is -3.49. The molecule has 20 heteroatoms. The fourth-order valence-corrected chi connectivity index (χ4v) is 19.5. The van der Waals surface area contributed by atoms with Crippen LogP contribution in [0.3, 0.4) is 0 Å². The highest BCUT2D eigenvalue weighted by Crippen LogP contribution is 2.65. The minimum Gasteiger partial charge on any atom is -0.463 e. The van der Waals surface area contributed by atoms with E-state index in [1.54, 1.807) is 27.7 Å². The summed E-state index contributed by atoms with van der Waals surface area (Å²) >= 11 is 0. The highest BCUT2D eigenvalue weighted by atomic mass is 32.2. The Kier molecular flexibility index (Phi) is 16.7. The van der Waals surface area contributed by atoms with E-state index in [-0.39, 0.29) is 97.9 Å². The molecule has 10 bridgehead atoms. The van der Waals surface area contributed by atoms with Crippen molar-refractivity contribution in [3.05, 3.63) is 0 Å². The fraction of sp³-hybridized carbons (Fsp3) is 0.902. The summed E-state index contributed by atoms with van der Waals surface area (Å²) in [6.07, 6.45) is 5.80. The molecule has 17 nitrogen and oxygen atoms in total. The number of cyclic esters (lactones) is 1. The number of hydrogen-bond donors (Lipinski definition) is 2. The highest BCUT2D eigenvalue weighted by Gasteiger charge is 2.65. The van der Waals surface area contributed by atoms with Gasteiger partial charge in [0.25, 0.3) is 0 Å². The number of rotatable bonds is 23. The minimum absolute atomic E-state index is 0.0165. The summed E-state index contributed by atoms with van der Waals surface area (Å²) in [6.45, 7) is 15.7. The average Bonchev–Trinajstić information content (AvgIpc) is 3.96. The van der Waals surface area contributed by atoms with E-state index in [2.05, 4.69) is 25.0 Å². The number of esters is 6. The van der Waals surface area contributed by atoms with Crippen molar-refractivity contribution in [2.45, 2.75) is 231 Å². The molecule has 1 saturated heterocycles. The molecule has 0 spiro atoms. The van der Waals surface area contributed by atoms with Gasteiger partial charge < -0.3 is 38.6 Å². The number of carbonyl (C=O) groups is 6. The van der Waals surface area contributed by atoms with Crippen LogP contribution in [0.1, 0.15) is 191 Å². The van der Waals surface area contributed by atoms with E-state index < -0.39 is 127 Å². The van der Waals surface area contributed by atoms with Crippen molar-refractivity contribution in [1.82, 2.24) is 0 Å². The standard InChI is InChI=1S/C61H92F2O17S/c1-33(2)61(41-16-35-14-36(18-41)19-42(61)17-35)80-52(69)56(9,29-45-34(3)39-20-43(45)44(21-39)46(64)22-48(65)78-54(4,5)6)27-40(49(66)77-47-12-13-75-50(47)67)28-57(10,30-55(7,8)51(68)76-32-60(62,63)81(72,73)74-11)53(70)79-59-25-37-15-38(26-59)24-58(71,23-37)31-59/h33-47,64,71H,12-32H2,1-11H3. The summed E-state index contributed by atoms with van der Waals surface area (Å²) in [5, 5.41) is 19.0. The van der Waals surface area contributed by atoms with Crippen molar-refractivity contribution >= 4 is 45.9 Å². The number of aliphatic hydroxyl groups excluding tert-OH is 1. The second kappa shape index (κ2) is 21.8. The number of ether oxygens (including phenoxy) is 6. The average molecular weight is 1170 g/mol. The van der Waals surface area contributed by atoms with Gasteiger partial charge in [-0.2, -0.15) is 17.2 Å². The Morgan fingerprint density at radius 3 is 1.90 bits per heavy atom. The molecule has 12 unspecified atom stereocenters. The summed E-state index contributed by atoms with van der Waals surface area (Å²) in [5.74, 6) is -5.37. The molecule has 0 amide bonds. The van der Waals surface area contributed by atoms with Crippen LogP contribution in [0.4, 0.5) is 8.78 Å². The van der Waals surface area contributed by atoms with E-state index >= 15 is 14.4 Å². The van der Waals surface area contributed by atoms with Gasteiger partial charge in [-0.3, -0.25) is 28.2 Å². The van der Waals surface area contributed by atoms with E-state index in [1.807, 2.05) is 0 Å². The molecule has 0 radical (unpaired) electrons. The van der Waals surface area contributed by atoms with Gasteiger partial charge in [-0.1, -0.05) is 20.8 Å². The molecule has 11 aliphatic rings. The van der Waals surface area contributed by atoms with Crippen LogP contribution in [0.25, 0.3) is 0 Å².